The maximum absolute atomic E-state index is 11.9. The van der Waals surface area contributed by atoms with Crippen LogP contribution in [-0.4, -0.2) is 20.4 Å². The molecule has 2 heterocycles. The second-order valence-electron chi connectivity index (χ2n) is 5.61. The monoisotopic (exact) mass is 284 g/mol. The molecule has 3 rings (SSSR count). The summed E-state index contributed by atoms with van der Waals surface area (Å²) in [4.78, 5) is 20.2. The Morgan fingerprint density at radius 1 is 1.33 bits per heavy atom. The third-order valence-electron chi connectivity index (χ3n) is 4.05. The molecule has 0 aromatic carbocycles. The molecule has 0 saturated heterocycles. The number of carbonyl (C=O) groups is 1. The van der Waals surface area contributed by atoms with Crippen molar-refractivity contribution in [2.75, 3.05) is 5.32 Å². The van der Waals surface area contributed by atoms with Gasteiger partial charge in [-0.15, -0.1) is 0 Å². The van der Waals surface area contributed by atoms with Crippen LogP contribution in [0.15, 0.2) is 37.1 Å². The predicted molar refractivity (Wildman–Crippen MR) is 81.2 cm³/mol. The van der Waals surface area contributed by atoms with E-state index in [9.17, 15) is 4.79 Å². The first-order chi connectivity index (χ1) is 10.3. The van der Waals surface area contributed by atoms with E-state index in [1.165, 1.54) is 25.7 Å². The highest BCUT2D eigenvalue weighted by atomic mass is 16.1. The molecule has 5 nitrogen and oxygen atoms in total. The van der Waals surface area contributed by atoms with Gasteiger partial charge in [0.15, 0.2) is 0 Å². The summed E-state index contributed by atoms with van der Waals surface area (Å²) in [5.41, 5.74) is 0.746. The van der Waals surface area contributed by atoms with Gasteiger partial charge in [-0.25, -0.2) is 9.97 Å². The van der Waals surface area contributed by atoms with Crippen LogP contribution in [0.2, 0.25) is 0 Å². The van der Waals surface area contributed by atoms with Crippen molar-refractivity contribution >= 4 is 11.6 Å². The average Bonchev–Trinajstić information content (AvgIpc) is 3.19. The number of rotatable bonds is 5. The summed E-state index contributed by atoms with van der Waals surface area (Å²) in [6, 6.07) is 3.74. The third-order valence-corrected chi connectivity index (χ3v) is 4.05. The van der Waals surface area contributed by atoms with Crippen molar-refractivity contribution in [1.82, 2.24) is 14.5 Å². The quantitative estimate of drug-likeness (QED) is 0.917. The highest BCUT2D eigenvalue weighted by Gasteiger charge is 2.16. The molecule has 5 heteroatoms. The normalized spacial score (nSPS) is 15.2. The van der Waals surface area contributed by atoms with Gasteiger partial charge in [0, 0.05) is 18.8 Å². The van der Waals surface area contributed by atoms with Crippen LogP contribution in [0.25, 0.3) is 5.82 Å². The standard InChI is InChI=1S/C16H20N4O/c21-16(8-5-13-3-1-2-4-13)19-14-6-7-15(18-11-14)20-10-9-17-12-20/h6-7,9-13H,1-5,8H2,(H,19,21). The lowest BCUT2D eigenvalue weighted by Gasteiger charge is -2.09. The van der Waals surface area contributed by atoms with Crippen molar-refractivity contribution in [1.29, 1.82) is 0 Å². The van der Waals surface area contributed by atoms with Gasteiger partial charge in [0.1, 0.15) is 12.1 Å². The molecule has 0 unspecified atom stereocenters. The zero-order chi connectivity index (χ0) is 14.5. The van der Waals surface area contributed by atoms with E-state index in [1.54, 1.807) is 18.7 Å². The molecule has 110 valence electrons. The van der Waals surface area contributed by atoms with E-state index in [0.29, 0.717) is 6.42 Å². The second-order valence-corrected chi connectivity index (χ2v) is 5.61. The summed E-state index contributed by atoms with van der Waals surface area (Å²) >= 11 is 0. The average molecular weight is 284 g/mol. The molecule has 0 atom stereocenters. The summed E-state index contributed by atoms with van der Waals surface area (Å²) in [5, 5.41) is 2.91. The molecular weight excluding hydrogens is 264 g/mol. The van der Waals surface area contributed by atoms with E-state index in [0.717, 1.165) is 23.8 Å². The summed E-state index contributed by atoms with van der Waals surface area (Å²) in [7, 11) is 0. The molecule has 1 amide bonds. The van der Waals surface area contributed by atoms with E-state index in [1.807, 2.05) is 22.9 Å². The number of nitrogens with one attached hydrogen (secondary N) is 1. The summed E-state index contributed by atoms with van der Waals surface area (Å²) in [5.74, 6) is 1.62. The maximum Gasteiger partial charge on any atom is 0.224 e. The molecule has 0 aliphatic heterocycles. The highest BCUT2D eigenvalue weighted by molar-refractivity contribution is 5.90. The third kappa shape index (κ3) is 3.68. The number of hydrogen-bond donors (Lipinski definition) is 1. The van der Waals surface area contributed by atoms with Crippen molar-refractivity contribution in [3.05, 3.63) is 37.1 Å². The molecule has 1 aliphatic rings. The summed E-state index contributed by atoms with van der Waals surface area (Å²) < 4.78 is 1.83. The lowest BCUT2D eigenvalue weighted by atomic mass is 10.0. The maximum atomic E-state index is 11.9. The minimum absolute atomic E-state index is 0.0825. The van der Waals surface area contributed by atoms with E-state index >= 15 is 0 Å². The first-order valence-corrected chi connectivity index (χ1v) is 7.55. The highest BCUT2D eigenvalue weighted by Crippen LogP contribution is 2.28. The largest absolute Gasteiger partial charge is 0.325 e. The Labute approximate surface area is 124 Å². The fourth-order valence-electron chi connectivity index (χ4n) is 2.87. The van der Waals surface area contributed by atoms with Crippen molar-refractivity contribution in [3.8, 4) is 5.82 Å². The molecule has 0 bridgehead atoms. The van der Waals surface area contributed by atoms with E-state index in [2.05, 4.69) is 15.3 Å². The lowest BCUT2D eigenvalue weighted by Crippen LogP contribution is -2.13. The van der Waals surface area contributed by atoms with E-state index in [-0.39, 0.29) is 5.91 Å². The van der Waals surface area contributed by atoms with Crippen molar-refractivity contribution < 1.29 is 4.79 Å². The minimum atomic E-state index is 0.0825. The molecule has 2 aromatic rings. The first kappa shape index (κ1) is 13.8. The van der Waals surface area contributed by atoms with E-state index in [4.69, 9.17) is 0 Å². The Hall–Kier alpha value is -2.17. The van der Waals surface area contributed by atoms with Gasteiger partial charge in [0.25, 0.3) is 0 Å². The number of pyridine rings is 1. The molecule has 1 aliphatic carbocycles. The van der Waals surface area contributed by atoms with Gasteiger partial charge in [0.05, 0.1) is 11.9 Å². The van der Waals surface area contributed by atoms with Crippen LogP contribution in [0.4, 0.5) is 5.69 Å². The van der Waals surface area contributed by atoms with Crippen LogP contribution in [0.1, 0.15) is 38.5 Å². The van der Waals surface area contributed by atoms with Crippen LogP contribution < -0.4 is 5.32 Å². The molecular formula is C16H20N4O. The fourth-order valence-corrected chi connectivity index (χ4v) is 2.87. The summed E-state index contributed by atoms with van der Waals surface area (Å²) in [6.07, 6.45) is 13.8. The van der Waals surface area contributed by atoms with Crippen molar-refractivity contribution in [3.63, 3.8) is 0 Å². The van der Waals surface area contributed by atoms with Crippen LogP contribution in [0.3, 0.4) is 0 Å². The number of amides is 1. The molecule has 0 radical (unpaired) electrons. The van der Waals surface area contributed by atoms with Gasteiger partial charge in [-0.3, -0.25) is 9.36 Å². The summed E-state index contributed by atoms with van der Waals surface area (Å²) in [6.45, 7) is 0. The number of carbonyl (C=O) groups excluding carboxylic acids is 1. The Bertz CT molecular complexity index is 571. The van der Waals surface area contributed by atoms with Gasteiger partial charge in [-0.05, 0) is 24.5 Å². The van der Waals surface area contributed by atoms with E-state index < -0.39 is 0 Å². The molecule has 2 aromatic heterocycles. The lowest BCUT2D eigenvalue weighted by molar-refractivity contribution is -0.116. The second kappa shape index (κ2) is 6.52. The van der Waals surface area contributed by atoms with Crippen LogP contribution >= 0.6 is 0 Å². The zero-order valence-corrected chi connectivity index (χ0v) is 12.0. The van der Waals surface area contributed by atoms with Gasteiger partial charge < -0.3 is 5.32 Å². The van der Waals surface area contributed by atoms with Crippen molar-refractivity contribution in [2.45, 2.75) is 38.5 Å². The molecule has 1 N–H and O–H groups in total. The zero-order valence-electron chi connectivity index (χ0n) is 12.0. The number of imidazole rings is 1. The number of nitrogens with zero attached hydrogens (tertiary/aromatic N) is 3. The van der Waals surface area contributed by atoms with Crippen molar-refractivity contribution in [2.24, 2.45) is 5.92 Å². The Kier molecular flexibility index (Phi) is 4.28. The van der Waals surface area contributed by atoms with Crippen LogP contribution in [-0.2, 0) is 4.79 Å². The minimum Gasteiger partial charge on any atom is -0.325 e. The Morgan fingerprint density at radius 2 is 2.19 bits per heavy atom. The number of aromatic nitrogens is 3. The number of hydrogen-bond acceptors (Lipinski definition) is 3. The molecule has 21 heavy (non-hydrogen) atoms. The molecule has 0 spiro atoms. The van der Waals surface area contributed by atoms with Crippen LogP contribution in [0, 0.1) is 5.92 Å². The van der Waals surface area contributed by atoms with Gasteiger partial charge in [-0.1, -0.05) is 25.7 Å². The Morgan fingerprint density at radius 3 is 2.86 bits per heavy atom. The van der Waals surface area contributed by atoms with Crippen LogP contribution in [0.5, 0.6) is 0 Å². The predicted octanol–water partition coefficient (Wildman–Crippen LogP) is 3.18. The SMILES string of the molecule is O=C(CCC1CCCC1)Nc1ccc(-n2ccnc2)nc1. The smallest absolute Gasteiger partial charge is 0.224 e. The number of anilines is 1. The van der Waals surface area contributed by atoms with Gasteiger partial charge >= 0.3 is 0 Å². The topological polar surface area (TPSA) is 59.8 Å². The fraction of sp³-hybridized carbons (Fsp3) is 0.438. The first-order valence-electron chi connectivity index (χ1n) is 7.55. The molecule has 1 fully saturated rings. The van der Waals surface area contributed by atoms with Gasteiger partial charge in [0.2, 0.25) is 5.91 Å². The molecule has 1 saturated carbocycles. The Balaban J connectivity index is 1.51. The van der Waals surface area contributed by atoms with Gasteiger partial charge in [-0.2, -0.15) is 0 Å².